The van der Waals surface area contributed by atoms with E-state index in [2.05, 4.69) is 17.2 Å². The molecule has 0 aliphatic heterocycles. The number of hydrogen-bond donors (Lipinski definition) is 1. The van der Waals surface area contributed by atoms with Crippen LogP contribution in [0, 0.1) is 13.8 Å². The predicted octanol–water partition coefficient (Wildman–Crippen LogP) is 2.78. The number of nitrogens with one attached hydrogen (secondary N) is 1. The first-order valence-electron chi connectivity index (χ1n) is 6.95. The predicted molar refractivity (Wildman–Crippen MR) is 74.2 cm³/mol. The Morgan fingerprint density at radius 1 is 1.33 bits per heavy atom. The summed E-state index contributed by atoms with van der Waals surface area (Å²) >= 11 is 0. The van der Waals surface area contributed by atoms with E-state index in [4.69, 9.17) is 4.74 Å². The number of hydrogen-bond acceptors (Lipinski definition) is 3. The molecule has 1 fully saturated rings. The third-order valence-electron chi connectivity index (χ3n) is 3.60. The Morgan fingerprint density at radius 3 is 2.78 bits per heavy atom. The molecule has 0 saturated heterocycles. The Balaban J connectivity index is 1.80. The molecular weight excluding hydrogens is 224 g/mol. The van der Waals surface area contributed by atoms with Crippen LogP contribution in [-0.4, -0.2) is 24.7 Å². The molecular formula is C15H24N2O. The quantitative estimate of drug-likeness (QED) is 0.753. The fourth-order valence-electron chi connectivity index (χ4n) is 2.33. The molecule has 0 bridgehead atoms. The first kappa shape index (κ1) is 13.3. The van der Waals surface area contributed by atoms with Gasteiger partial charge in [-0.1, -0.05) is 0 Å². The molecule has 1 aliphatic rings. The Morgan fingerprint density at radius 2 is 2.11 bits per heavy atom. The summed E-state index contributed by atoms with van der Waals surface area (Å²) in [7, 11) is 1.73. The number of rotatable bonds is 7. The molecule has 3 heteroatoms. The smallest absolute Gasteiger partial charge is 0.128 e. The molecule has 1 saturated carbocycles. The maximum atomic E-state index is 5.43. The van der Waals surface area contributed by atoms with Crippen LogP contribution < -0.4 is 10.1 Å². The zero-order valence-electron chi connectivity index (χ0n) is 11.8. The molecule has 0 atom stereocenters. The largest absolute Gasteiger partial charge is 0.496 e. The molecule has 0 radical (unpaired) electrons. The first-order valence-corrected chi connectivity index (χ1v) is 6.95. The summed E-state index contributed by atoms with van der Waals surface area (Å²) in [5, 5.41) is 3.54. The standard InChI is InChI=1S/C15H24N2O/c1-11-10-17-14(12(2)15(11)18-3)6-4-5-9-16-13-7-8-13/h10,13,16H,4-9H2,1-3H3. The highest BCUT2D eigenvalue weighted by atomic mass is 16.5. The van der Waals surface area contributed by atoms with Crippen molar-refractivity contribution in [1.29, 1.82) is 0 Å². The van der Waals surface area contributed by atoms with Gasteiger partial charge in [-0.15, -0.1) is 0 Å². The van der Waals surface area contributed by atoms with E-state index in [1.54, 1.807) is 7.11 Å². The number of aryl methyl sites for hydroxylation is 2. The van der Waals surface area contributed by atoms with E-state index in [-0.39, 0.29) is 0 Å². The topological polar surface area (TPSA) is 34.1 Å². The van der Waals surface area contributed by atoms with Gasteiger partial charge in [0.25, 0.3) is 0 Å². The molecule has 0 spiro atoms. The summed E-state index contributed by atoms with van der Waals surface area (Å²) in [5.74, 6) is 0.996. The van der Waals surface area contributed by atoms with E-state index in [9.17, 15) is 0 Å². The van der Waals surface area contributed by atoms with Crippen molar-refractivity contribution in [2.24, 2.45) is 0 Å². The fourth-order valence-corrected chi connectivity index (χ4v) is 2.33. The van der Waals surface area contributed by atoms with Gasteiger partial charge in [0.15, 0.2) is 0 Å². The lowest BCUT2D eigenvalue weighted by atomic mass is 10.1. The molecule has 1 heterocycles. The van der Waals surface area contributed by atoms with Crippen LogP contribution in [0.3, 0.4) is 0 Å². The van der Waals surface area contributed by atoms with Gasteiger partial charge in [-0.25, -0.2) is 0 Å². The molecule has 3 nitrogen and oxygen atoms in total. The van der Waals surface area contributed by atoms with Gasteiger partial charge in [-0.2, -0.15) is 0 Å². The Bertz CT molecular complexity index is 400. The average molecular weight is 248 g/mol. The van der Waals surface area contributed by atoms with Gasteiger partial charge in [-0.3, -0.25) is 4.98 Å². The summed E-state index contributed by atoms with van der Waals surface area (Å²) < 4.78 is 5.43. The summed E-state index contributed by atoms with van der Waals surface area (Å²) in [5.41, 5.74) is 3.51. The maximum absolute atomic E-state index is 5.43. The number of unbranched alkanes of at least 4 members (excludes halogenated alkanes) is 1. The lowest BCUT2D eigenvalue weighted by Gasteiger charge is -2.12. The molecule has 1 aromatic rings. The second kappa shape index (κ2) is 6.19. The van der Waals surface area contributed by atoms with Crippen LogP contribution in [-0.2, 0) is 6.42 Å². The molecule has 0 unspecified atom stereocenters. The number of ether oxygens (including phenoxy) is 1. The van der Waals surface area contributed by atoms with E-state index in [1.807, 2.05) is 13.1 Å². The Hall–Kier alpha value is -1.09. The van der Waals surface area contributed by atoms with Crippen molar-refractivity contribution in [1.82, 2.24) is 10.3 Å². The van der Waals surface area contributed by atoms with Crippen LogP contribution in [0.1, 0.15) is 42.5 Å². The highest BCUT2D eigenvalue weighted by Gasteiger charge is 2.19. The van der Waals surface area contributed by atoms with E-state index < -0.39 is 0 Å². The van der Waals surface area contributed by atoms with Crippen molar-refractivity contribution in [2.45, 2.75) is 52.0 Å². The van der Waals surface area contributed by atoms with Gasteiger partial charge in [-0.05, 0) is 52.5 Å². The van der Waals surface area contributed by atoms with Gasteiger partial charge in [0.2, 0.25) is 0 Å². The second-order valence-electron chi connectivity index (χ2n) is 5.23. The molecule has 0 amide bonds. The Labute approximate surface area is 110 Å². The minimum Gasteiger partial charge on any atom is -0.496 e. The normalized spacial score (nSPS) is 14.8. The summed E-state index contributed by atoms with van der Waals surface area (Å²) in [4.78, 5) is 4.53. The first-order chi connectivity index (χ1) is 8.72. The van der Waals surface area contributed by atoms with Crippen LogP contribution in [0.15, 0.2) is 6.20 Å². The molecule has 18 heavy (non-hydrogen) atoms. The van der Waals surface area contributed by atoms with Crippen LogP contribution in [0.5, 0.6) is 5.75 Å². The number of nitrogens with zero attached hydrogens (tertiary/aromatic N) is 1. The molecule has 1 aliphatic carbocycles. The minimum atomic E-state index is 0.823. The van der Waals surface area contributed by atoms with Crippen LogP contribution in [0.4, 0.5) is 0 Å². The minimum absolute atomic E-state index is 0.823. The number of methoxy groups -OCH3 is 1. The van der Waals surface area contributed by atoms with Crippen LogP contribution in [0.25, 0.3) is 0 Å². The van der Waals surface area contributed by atoms with E-state index in [1.165, 1.54) is 36.9 Å². The van der Waals surface area contributed by atoms with Crippen molar-refractivity contribution in [2.75, 3.05) is 13.7 Å². The van der Waals surface area contributed by atoms with Crippen LogP contribution >= 0.6 is 0 Å². The highest BCUT2D eigenvalue weighted by molar-refractivity contribution is 5.41. The number of aromatic nitrogens is 1. The van der Waals surface area contributed by atoms with Crippen molar-refractivity contribution in [3.63, 3.8) is 0 Å². The lowest BCUT2D eigenvalue weighted by molar-refractivity contribution is 0.406. The second-order valence-corrected chi connectivity index (χ2v) is 5.23. The van der Waals surface area contributed by atoms with Gasteiger partial charge < -0.3 is 10.1 Å². The summed E-state index contributed by atoms with van der Waals surface area (Å²) in [6.07, 6.45) is 8.14. The van der Waals surface area contributed by atoms with Gasteiger partial charge in [0.1, 0.15) is 5.75 Å². The van der Waals surface area contributed by atoms with Gasteiger partial charge >= 0.3 is 0 Å². The van der Waals surface area contributed by atoms with E-state index in [0.29, 0.717) is 0 Å². The van der Waals surface area contributed by atoms with Crippen molar-refractivity contribution >= 4 is 0 Å². The Kier molecular flexibility index (Phi) is 4.59. The van der Waals surface area contributed by atoms with Crippen molar-refractivity contribution < 1.29 is 4.74 Å². The summed E-state index contributed by atoms with van der Waals surface area (Å²) in [6, 6.07) is 0.823. The van der Waals surface area contributed by atoms with E-state index in [0.717, 1.165) is 30.3 Å². The molecule has 1 N–H and O–H groups in total. The third-order valence-corrected chi connectivity index (χ3v) is 3.60. The van der Waals surface area contributed by atoms with Crippen molar-refractivity contribution in [3.05, 3.63) is 23.0 Å². The average Bonchev–Trinajstić information content (AvgIpc) is 3.16. The van der Waals surface area contributed by atoms with Crippen molar-refractivity contribution in [3.8, 4) is 5.75 Å². The third kappa shape index (κ3) is 3.45. The maximum Gasteiger partial charge on any atom is 0.128 e. The van der Waals surface area contributed by atoms with Crippen LogP contribution in [0.2, 0.25) is 0 Å². The zero-order valence-corrected chi connectivity index (χ0v) is 11.8. The summed E-state index contributed by atoms with van der Waals surface area (Å²) in [6.45, 7) is 5.30. The number of pyridine rings is 1. The zero-order chi connectivity index (χ0) is 13.0. The lowest BCUT2D eigenvalue weighted by Crippen LogP contribution is -2.17. The highest BCUT2D eigenvalue weighted by Crippen LogP contribution is 2.24. The van der Waals surface area contributed by atoms with Gasteiger partial charge in [0, 0.05) is 29.1 Å². The molecule has 0 aromatic carbocycles. The fraction of sp³-hybridized carbons (Fsp3) is 0.667. The molecule has 100 valence electrons. The van der Waals surface area contributed by atoms with E-state index >= 15 is 0 Å². The SMILES string of the molecule is COc1c(C)cnc(CCCCNC2CC2)c1C. The monoisotopic (exact) mass is 248 g/mol. The van der Waals surface area contributed by atoms with Gasteiger partial charge in [0.05, 0.1) is 7.11 Å². The molecule has 2 rings (SSSR count). The molecule has 1 aromatic heterocycles.